The second-order valence-corrected chi connectivity index (χ2v) is 7.32. The fourth-order valence-electron chi connectivity index (χ4n) is 4.18. The first-order chi connectivity index (χ1) is 11.5. The van der Waals surface area contributed by atoms with Crippen molar-refractivity contribution in [1.82, 2.24) is 5.32 Å². The molecule has 1 aromatic rings. The van der Waals surface area contributed by atoms with Crippen molar-refractivity contribution in [3.63, 3.8) is 0 Å². The SMILES string of the molecule is CC(CNC(=O)C1CC2CCCC(C1)C2N)Oc1ccc(F)cc1. The molecule has 2 aliphatic carbocycles. The summed E-state index contributed by atoms with van der Waals surface area (Å²) in [5.74, 6) is 1.52. The lowest BCUT2D eigenvalue weighted by Gasteiger charge is -2.43. The molecule has 0 heterocycles. The molecular formula is C19H27FN2O2. The van der Waals surface area contributed by atoms with Gasteiger partial charge in [-0.2, -0.15) is 0 Å². The van der Waals surface area contributed by atoms with E-state index in [4.69, 9.17) is 10.5 Å². The van der Waals surface area contributed by atoms with Gasteiger partial charge in [0, 0.05) is 12.0 Å². The van der Waals surface area contributed by atoms with Gasteiger partial charge >= 0.3 is 0 Å². The maximum absolute atomic E-state index is 12.9. The average molecular weight is 334 g/mol. The predicted molar refractivity (Wildman–Crippen MR) is 91.0 cm³/mol. The molecule has 0 spiro atoms. The Hall–Kier alpha value is -1.62. The van der Waals surface area contributed by atoms with Gasteiger partial charge in [0.25, 0.3) is 0 Å². The van der Waals surface area contributed by atoms with E-state index in [1.165, 1.54) is 18.6 Å². The molecule has 0 aliphatic heterocycles. The maximum atomic E-state index is 12.9. The summed E-state index contributed by atoms with van der Waals surface area (Å²) in [6.07, 6.45) is 5.23. The number of hydrogen-bond donors (Lipinski definition) is 2. The van der Waals surface area contributed by atoms with Gasteiger partial charge in [0.2, 0.25) is 5.91 Å². The number of fused-ring (bicyclic) bond motifs is 2. The number of rotatable bonds is 5. The molecule has 5 heteroatoms. The van der Waals surface area contributed by atoms with Crippen LogP contribution >= 0.6 is 0 Å². The summed E-state index contributed by atoms with van der Waals surface area (Å²) in [6, 6.07) is 6.20. The molecule has 2 aliphatic rings. The van der Waals surface area contributed by atoms with Crippen LogP contribution in [0.5, 0.6) is 5.75 Å². The number of nitrogens with one attached hydrogen (secondary N) is 1. The van der Waals surface area contributed by atoms with Crippen molar-refractivity contribution in [2.75, 3.05) is 6.54 Å². The van der Waals surface area contributed by atoms with Gasteiger partial charge in [0.05, 0.1) is 6.54 Å². The van der Waals surface area contributed by atoms with Crippen molar-refractivity contribution in [2.45, 2.75) is 51.2 Å². The summed E-state index contributed by atoms with van der Waals surface area (Å²) in [6.45, 7) is 2.35. The fraction of sp³-hybridized carbons (Fsp3) is 0.632. The maximum Gasteiger partial charge on any atom is 0.223 e. The molecular weight excluding hydrogens is 307 g/mol. The third-order valence-corrected chi connectivity index (χ3v) is 5.50. The monoisotopic (exact) mass is 334 g/mol. The quantitative estimate of drug-likeness (QED) is 0.870. The lowest BCUT2D eigenvalue weighted by atomic mass is 9.65. The van der Waals surface area contributed by atoms with Gasteiger partial charge in [-0.25, -0.2) is 4.39 Å². The van der Waals surface area contributed by atoms with Crippen LogP contribution in [0.4, 0.5) is 4.39 Å². The summed E-state index contributed by atoms with van der Waals surface area (Å²) in [5.41, 5.74) is 6.29. The highest BCUT2D eigenvalue weighted by atomic mass is 19.1. The van der Waals surface area contributed by atoms with Crippen LogP contribution in [0.15, 0.2) is 24.3 Å². The van der Waals surface area contributed by atoms with Crippen LogP contribution in [0.25, 0.3) is 0 Å². The third-order valence-electron chi connectivity index (χ3n) is 5.50. The van der Waals surface area contributed by atoms with Gasteiger partial charge in [-0.3, -0.25) is 4.79 Å². The molecule has 1 amide bonds. The smallest absolute Gasteiger partial charge is 0.223 e. The number of ether oxygens (including phenoxy) is 1. The molecule has 3 atom stereocenters. The third kappa shape index (κ3) is 4.07. The van der Waals surface area contributed by atoms with Crippen LogP contribution in [0.3, 0.4) is 0 Å². The highest BCUT2D eigenvalue weighted by molar-refractivity contribution is 5.78. The van der Waals surface area contributed by atoms with E-state index in [0.29, 0.717) is 24.1 Å². The molecule has 24 heavy (non-hydrogen) atoms. The highest BCUT2D eigenvalue weighted by Crippen LogP contribution is 2.41. The van der Waals surface area contributed by atoms with E-state index in [-0.39, 0.29) is 29.8 Å². The van der Waals surface area contributed by atoms with Gasteiger partial charge in [-0.15, -0.1) is 0 Å². The lowest BCUT2D eigenvalue weighted by molar-refractivity contribution is -0.128. The van der Waals surface area contributed by atoms with Crippen molar-refractivity contribution in [2.24, 2.45) is 23.5 Å². The number of hydrogen-bond acceptors (Lipinski definition) is 3. The first-order valence-corrected chi connectivity index (χ1v) is 8.98. The molecule has 4 nitrogen and oxygen atoms in total. The topological polar surface area (TPSA) is 64.4 Å². The fourth-order valence-corrected chi connectivity index (χ4v) is 4.18. The Morgan fingerprint density at radius 3 is 2.54 bits per heavy atom. The van der Waals surface area contributed by atoms with E-state index in [1.54, 1.807) is 12.1 Å². The Morgan fingerprint density at radius 1 is 1.29 bits per heavy atom. The molecule has 2 fully saturated rings. The molecule has 132 valence electrons. The Kier molecular flexibility index (Phi) is 5.39. The summed E-state index contributed by atoms with van der Waals surface area (Å²) < 4.78 is 18.6. The highest BCUT2D eigenvalue weighted by Gasteiger charge is 2.40. The second-order valence-electron chi connectivity index (χ2n) is 7.32. The summed E-state index contributed by atoms with van der Waals surface area (Å²) >= 11 is 0. The number of carbonyl (C=O) groups excluding carboxylic acids is 1. The summed E-state index contributed by atoms with van der Waals surface area (Å²) in [4.78, 5) is 12.5. The molecule has 2 bridgehead atoms. The molecule has 1 aromatic carbocycles. The molecule has 0 radical (unpaired) electrons. The first kappa shape index (κ1) is 17.2. The minimum Gasteiger partial charge on any atom is -0.489 e. The van der Waals surface area contributed by atoms with Gasteiger partial charge in [-0.1, -0.05) is 6.42 Å². The van der Waals surface area contributed by atoms with Crippen LogP contribution in [-0.4, -0.2) is 24.6 Å². The minimum absolute atomic E-state index is 0.0816. The van der Waals surface area contributed by atoms with Crippen LogP contribution in [0.2, 0.25) is 0 Å². The number of halogens is 1. The van der Waals surface area contributed by atoms with Crippen molar-refractivity contribution >= 4 is 5.91 Å². The Bertz CT molecular complexity index is 549. The van der Waals surface area contributed by atoms with Crippen molar-refractivity contribution in [1.29, 1.82) is 0 Å². The van der Waals surface area contributed by atoms with E-state index in [2.05, 4.69) is 5.32 Å². The summed E-state index contributed by atoms with van der Waals surface area (Å²) in [5, 5.41) is 3.01. The second kappa shape index (κ2) is 7.51. The van der Waals surface area contributed by atoms with Gasteiger partial charge < -0.3 is 15.8 Å². The van der Waals surface area contributed by atoms with E-state index >= 15 is 0 Å². The molecule has 2 saturated carbocycles. The number of nitrogens with two attached hydrogens (primary N) is 1. The molecule has 0 saturated heterocycles. The van der Waals surface area contributed by atoms with Gasteiger partial charge in [0.15, 0.2) is 0 Å². The Balaban J connectivity index is 1.46. The van der Waals surface area contributed by atoms with Gasteiger partial charge in [-0.05, 0) is 68.7 Å². The first-order valence-electron chi connectivity index (χ1n) is 8.98. The Labute approximate surface area is 142 Å². The summed E-state index contributed by atoms with van der Waals surface area (Å²) in [7, 11) is 0. The van der Waals surface area contributed by atoms with Crippen LogP contribution in [0.1, 0.15) is 39.0 Å². The van der Waals surface area contributed by atoms with Crippen molar-refractivity contribution in [3.8, 4) is 5.75 Å². The average Bonchev–Trinajstić information content (AvgIpc) is 2.54. The molecule has 0 aromatic heterocycles. The number of benzene rings is 1. The zero-order chi connectivity index (χ0) is 17.1. The molecule has 3 unspecified atom stereocenters. The standard InChI is InChI=1S/C19H27FN2O2/c1-12(24-17-7-5-16(20)6-8-17)11-22-19(23)15-9-13-3-2-4-14(10-15)18(13)21/h5-8,12-15,18H,2-4,9-11,21H2,1H3,(H,22,23). The van der Waals surface area contributed by atoms with E-state index in [1.807, 2.05) is 6.92 Å². The van der Waals surface area contributed by atoms with Gasteiger partial charge in [0.1, 0.15) is 17.7 Å². The molecule has 3 N–H and O–H groups in total. The van der Waals surface area contributed by atoms with E-state index < -0.39 is 0 Å². The van der Waals surface area contributed by atoms with Crippen molar-refractivity contribution in [3.05, 3.63) is 30.1 Å². The largest absolute Gasteiger partial charge is 0.489 e. The van der Waals surface area contributed by atoms with Crippen LogP contribution in [-0.2, 0) is 4.79 Å². The van der Waals surface area contributed by atoms with Crippen LogP contribution < -0.4 is 15.8 Å². The predicted octanol–water partition coefficient (Wildman–Crippen LogP) is 2.86. The normalized spacial score (nSPS) is 30.5. The van der Waals surface area contributed by atoms with Crippen LogP contribution in [0, 0.1) is 23.6 Å². The minimum atomic E-state index is -0.288. The van der Waals surface area contributed by atoms with E-state index in [0.717, 1.165) is 25.7 Å². The molecule has 3 rings (SSSR count). The zero-order valence-corrected chi connectivity index (χ0v) is 14.2. The lowest BCUT2D eigenvalue weighted by Crippen LogP contribution is -2.49. The zero-order valence-electron chi connectivity index (χ0n) is 14.2. The van der Waals surface area contributed by atoms with E-state index in [9.17, 15) is 9.18 Å². The number of carbonyl (C=O) groups is 1. The number of amides is 1. The Morgan fingerprint density at radius 2 is 1.92 bits per heavy atom. The van der Waals surface area contributed by atoms with Crippen molar-refractivity contribution < 1.29 is 13.9 Å².